The van der Waals surface area contributed by atoms with Crippen molar-refractivity contribution in [3.8, 4) is 17.1 Å². The fraction of sp³-hybridized carbons (Fsp3) is 0.318. The van der Waals surface area contributed by atoms with E-state index in [2.05, 4.69) is 18.8 Å². The van der Waals surface area contributed by atoms with Gasteiger partial charge < -0.3 is 9.84 Å². The van der Waals surface area contributed by atoms with Gasteiger partial charge in [0, 0.05) is 21.9 Å². The first-order valence-corrected chi connectivity index (χ1v) is 8.93. The predicted octanol–water partition coefficient (Wildman–Crippen LogP) is 5.10. The Labute approximate surface area is 153 Å². The van der Waals surface area contributed by atoms with Crippen LogP contribution in [0.1, 0.15) is 32.3 Å². The molecule has 1 aromatic heterocycles. The molecule has 0 atom stereocenters. The van der Waals surface area contributed by atoms with E-state index in [1.165, 1.54) is 6.07 Å². The van der Waals surface area contributed by atoms with Crippen LogP contribution < -0.4 is 4.74 Å². The Balaban J connectivity index is 2.12. The van der Waals surface area contributed by atoms with E-state index in [1.807, 2.05) is 36.4 Å². The van der Waals surface area contributed by atoms with E-state index in [0.29, 0.717) is 11.3 Å². The summed E-state index contributed by atoms with van der Waals surface area (Å²) in [5, 5.41) is 11.4. The Morgan fingerprint density at radius 3 is 2.50 bits per heavy atom. The highest BCUT2D eigenvalue weighted by atomic mass is 19.1. The fourth-order valence-corrected chi connectivity index (χ4v) is 3.49. The monoisotopic (exact) mass is 353 g/mol. The molecule has 26 heavy (non-hydrogen) atoms. The lowest BCUT2D eigenvalue weighted by Gasteiger charge is -2.31. The molecule has 136 valence electrons. The molecule has 2 aromatic carbocycles. The zero-order valence-corrected chi connectivity index (χ0v) is 15.4. The van der Waals surface area contributed by atoms with Crippen LogP contribution in [0.3, 0.4) is 0 Å². The Bertz CT molecular complexity index is 911. The summed E-state index contributed by atoms with van der Waals surface area (Å²) in [5.74, 6) is 0.262. The molecule has 0 spiro atoms. The molecule has 1 heterocycles. The molecule has 4 heteroatoms. The number of hydrogen-bond donors (Lipinski definition) is 1. The molecule has 1 N–H and O–H groups in total. The van der Waals surface area contributed by atoms with Crippen LogP contribution in [0.15, 0.2) is 48.5 Å². The molecule has 0 fully saturated rings. The number of fused-ring (bicyclic) bond motifs is 1. The van der Waals surface area contributed by atoms with E-state index >= 15 is 0 Å². The van der Waals surface area contributed by atoms with E-state index in [9.17, 15) is 9.50 Å². The molecule has 0 radical (unpaired) electrons. The van der Waals surface area contributed by atoms with Gasteiger partial charge in [-0.2, -0.15) is 0 Å². The summed E-state index contributed by atoms with van der Waals surface area (Å²) in [6.07, 6.45) is 1.58. The van der Waals surface area contributed by atoms with E-state index in [4.69, 9.17) is 4.74 Å². The lowest BCUT2D eigenvalue weighted by molar-refractivity contribution is 0.178. The van der Waals surface area contributed by atoms with Gasteiger partial charge in [0.05, 0.1) is 19.4 Å². The number of nitrogens with zero attached hydrogens (tertiary/aromatic N) is 1. The maximum absolute atomic E-state index is 14.1. The fourth-order valence-electron chi connectivity index (χ4n) is 3.49. The van der Waals surface area contributed by atoms with Crippen molar-refractivity contribution in [3.63, 3.8) is 0 Å². The second-order valence-corrected chi connectivity index (χ2v) is 6.57. The third-order valence-electron chi connectivity index (χ3n) is 5.41. The van der Waals surface area contributed by atoms with Crippen LogP contribution in [0.2, 0.25) is 0 Å². The van der Waals surface area contributed by atoms with Crippen molar-refractivity contribution < 1.29 is 14.2 Å². The molecule has 3 nitrogen and oxygen atoms in total. The van der Waals surface area contributed by atoms with Crippen LogP contribution in [-0.4, -0.2) is 23.8 Å². The van der Waals surface area contributed by atoms with Gasteiger partial charge in [0.25, 0.3) is 0 Å². The number of ether oxygens (including phenoxy) is 1. The van der Waals surface area contributed by atoms with Gasteiger partial charge in [-0.1, -0.05) is 44.2 Å². The van der Waals surface area contributed by atoms with E-state index in [1.54, 1.807) is 13.2 Å². The van der Waals surface area contributed by atoms with Crippen LogP contribution in [0.25, 0.3) is 22.0 Å². The molecule has 0 aliphatic carbocycles. The number of rotatable bonds is 6. The molecule has 0 bridgehead atoms. The maximum Gasteiger partial charge on any atom is 0.217 e. The van der Waals surface area contributed by atoms with Crippen LogP contribution >= 0.6 is 0 Å². The molecule has 0 aliphatic heterocycles. The van der Waals surface area contributed by atoms with Crippen molar-refractivity contribution >= 4 is 10.8 Å². The van der Waals surface area contributed by atoms with Crippen LogP contribution in [0.4, 0.5) is 4.39 Å². The summed E-state index contributed by atoms with van der Waals surface area (Å²) in [4.78, 5) is 4.65. The minimum Gasteiger partial charge on any atom is -0.481 e. The molecule has 0 saturated carbocycles. The van der Waals surface area contributed by atoms with E-state index in [0.717, 1.165) is 35.0 Å². The summed E-state index contributed by atoms with van der Waals surface area (Å²) in [6.45, 7) is 4.15. The Kier molecular flexibility index (Phi) is 5.23. The van der Waals surface area contributed by atoms with Gasteiger partial charge in [-0.25, -0.2) is 9.37 Å². The number of halogens is 1. The van der Waals surface area contributed by atoms with Gasteiger partial charge in [-0.15, -0.1) is 0 Å². The Morgan fingerprint density at radius 1 is 1.08 bits per heavy atom. The van der Waals surface area contributed by atoms with Crippen LogP contribution in [-0.2, 0) is 5.41 Å². The Hall–Kier alpha value is -2.46. The summed E-state index contributed by atoms with van der Waals surface area (Å²) in [7, 11) is 1.59. The average Bonchev–Trinajstić information content (AvgIpc) is 2.70. The number of aliphatic hydroxyl groups is 1. The number of methoxy groups -OCH3 is 1. The number of hydrogen-bond acceptors (Lipinski definition) is 3. The van der Waals surface area contributed by atoms with Gasteiger partial charge in [0.1, 0.15) is 5.82 Å². The molecule has 0 aliphatic rings. The topological polar surface area (TPSA) is 42.4 Å². The number of pyridine rings is 1. The lowest BCUT2D eigenvalue weighted by atomic mass is 9.77. The second-order valence-electron chi connectivity index (χ2n) is 6.57. The van der Waals surface area contributed by atoms with E-state index in [-0.39, 0.29) is 17.8 Å². The average molecular weight is 353 g/mol. The largest absolute Gasteiger partial charge is 0.481 e. The molecule has 3 aromatic rings. The van der Waals surface area contributed by atoms with Crippen molar-refractivity contribution in [1.29, 1.82) is 0 Å². The lowest BCUT2D eigenvalue weighted by Crippen LogP contribution is -2.29. The molecule has 0 amide bonds. The standard InChI is InChI=1S/C22H24FNO2/c1-4-22(5-2,14-25)18-11-12-20(24-21(18)26-3)16-10-9-15-7-6-8-19(23)17(15)13-16/h6-13,25H,4-5,14H2,1-3H3. The smallest absolute Gasteiger partial charge is 0.217 e. The highest BCUT2D eigenvalue weighted by Gasteiger charge is 2.31. The van der Waals surface area contributed by atoms with Crippen molar-refractivity contribution in [3.05, 3.63) is 59.9 Å². The molecule has 0 unspecified atom stereocenters. The summed E-state index contributed by atoms with van der Waals surface area (Å²) in [6, 6.07) is 14.6. The first kappa shape index (κ1) is 18.3. The normalized spacial score (nSPS) is 11.7. The van der Waals surface area contributed by atoms with Gasteiger partial charge in [-0.05, 0) is 36.4 Å². The van der Waals surface area contributed by atoms with Gasteiger partial charge in [0.2, 0.25) is 5.88 Å². The first-order valence-electron chi connectivity index (χ1n) is 8.93. The van der Waals surface area contributed by atoms with Gasteiger partial charge >= 0.3 is 0 Å². The highest BCUT2D eigenvalue weighted by Crippen LogP contribution is 2.38. The Morgan fingerprint density at radius 2 is 1.85 bits per heavy atom. The molecule has 3 rings (SSSR count). The number of aromatic nitrogens is 1. The summed E-state index contributed by atoms with van der Waals surface area (Å²) in [5.41, 5.74) is 2.08. The van der Waals surface area contributed by atoms with Crippen molar-refractivity contribution in [1.82, 2.24) is 4.98 Å². The van der Waals surface area contributed by atoms with Crippen molar-refractivity contribution in [2.45, 2.75) is 32.1 Å². The minimum absolute atomic E-state index is 0.0403. The van der Waals surface area contributed by atoms with E-state index < -0.39 is 0 Å². The molecular formula is C22H24FNO2. The second kappa shape index (κ2) is 7.42. The summed E-state index contributed by atoms with van der Waals surface area (Å²) < 4.78 is 19.6. The molecule has 0 saturated heterocycles. The molecular weight excluding hydrogens is 329 g/mol. The van der Waals surface area contributed by atoms with Crippen LogP contribution in [0.5, 0.6) is 5.88 Å². The third kappa shape index (κ3) is 3.06. The number of aliphatic hydroxyl groups excluding tert-OH is 1. The van der Waals surface area contributed by atoms with Crippen molar-refractivity contribution in [2.75, 3.05) is 13.7 Å². The first-order chi connectivity index (χ1) is 12.6. The summed E-state index contributed by atoms with van der Waals surface area (Å²) >= 11 is 0. The van der Waals surface area contributed by atoms with Crippen molar-refractivity contribution in [2.24, 2.45) is 0 Å². The van der Waals surface area contributed by atoms with Gasteiger partial charge in [-0.3, -0.25) is 0 Å². The quantitative estimate of drug-likeness (QED) is 0.670. The zero-order chi connectivity index (χ0) is 18.7. The SMILES string of the molecule is CCC(CC)(CO)c1ccc(-c2ccc3cccc(F)c3c2)nc1OC. The predicted molar refractivity (Wildman–Crippen MR) is 103 cm³/mol. The van der Waals surface area contributed by atoms with Crippen LogP contribution in [0, 0.1) is 5.82 Å². The minimum atomic E-state index is -0.369. The van der Waals surface area contributed by atoms with Gasteiger partial charge in [0.15, 0.2) is 0 Å². The number of benzene rings is 2. The highest BCUT2D eigenvalue weighted by molar-refractivity contribution is 5.87. The zero-order valence-electron chi connectivity index (χ0n) is 15.4. The maximum atomic E-state index is 14.1. The third-order valence-corrected chi connectivity index (χ3v) is 5.41.